The molecule has 0 saturated heterocycles. The van der Waals surface area contributed by atoms with E-state index in [2.05, 4.69) is 5.32 Å². The van der Waals surface area contributed by atoms with Gasteiger partial charge in [-0.25, -0.2) is 8.78 Å². The highest BCUT2D eigenvalue weighted by Gasteiger charge is 2.19. The topological polar surface area (TPSA) is 42.2 Å². The second-order valence-electron chi connectivity index (χ2n) is 4.77. The van der Waals surface area contributed by atoms with E-state index in [9.17, 15) is 13.6 Å². The van der Waals surface area contributed by atoms with Gasteiger partial charge in [0.2, 0.25) is 0 Å². The Balaban J connectivity index is 1.97. The lowest BCUT2D eigenvalue weighted by Gasteiger charge is -2.06. The van der Waals surface area contributed by atoms with Crippen LogP contribution in [0.2, 0.25) is 5.02 Å². The van der Waals surface area contributed by atoms with Crippen LogP contribution in [0, 0.1) is 18.6 Å². The van der Waals surface area contributed by atoms with Crippen molar-refractivity contribution >= 4 is 34.2 Å². The molecule has 0 bridgehead atoms. The maximum absolute atomic E-state index is 13.3. The number of rotatable bonds is 2. The number of carbonyl (C=O) groups is 1. The Morgan fingerprint density at radius 1 is 1.14 bits per heavy atom. The molecule has 3 rings (SSSR count). The molecular weight excluding hydrogens is 312 g/mol. The van der Waals surface area contributed by atoms with Gasteiger partial charge in [0.15, 0.2) is 5.76 Å². The number of nitrogens with one attached hydrogen (secondary N) is 1. The maximum Gasteiger partial charge on any atom is 0.291 e. The lowest BCUT2D eigenvalue weighted by atomic mass is 10.1. The van der Waals surface area contributed by atoms with Gasteiger partial charge < -0.3 is 9.73 Å². The maximum atomic E-state index is 13.3. The van der Waals surface area contributed by atoms with Gasteiger partial charge in [-0.2, -0.15) is 0 Å². The van der Waals surface area contributed by atoms with Crippen molar-refractivity contribution in [2.75, 3.05) is 5.32 Å². The van der Waals surface area contributed by atoms with E-state index in [-0.39, 0.29) is 16.5 Å². The minimum atomic E-state index is -0.539. The molecule has 2 aromatic carbocycles. The van der Waals surface area contributed by atoms with Gasteiger partial charge in [-0.15, -0.1) is 0 Å². The molecular formula is C16H10ClF2NO2. The third kappa shape index (κ3) is 2.55. The van der Waals surface area contributed by atoms with Gasteiger partial charge >= 0.3 is 0 Å². The number of amides is 1. The van der Waals surface area contributed by atoms with Crippen LogP contribution in [0.25, 0.3) is 11.0 Å². The predicted molar refractivity (Wildman–Crippen MR) is 80.3 cm³/mol. The van der Waals surface area contributed by atoms with Crippen molar-refractivity contribution in [2.45, 2.75) is 6.92 Å². The molecule has 3 nitrogen and oxygen atoms in total. The summed E-state index contributed by atoms with van der Waals surface area (Å²) in [5.41, 5.74) is 1.19. The summed E-state index contributed by atoms with van der Waals surface area (Å²) in [7, 11) is 0. The van der Waals surface area contributed by atoms with Gasteiger partial charge in [0.05, 0.1) is 10.7 Å². The van der Waals surface area contributed by atoms with Crippen LogP contribution in [0.4, 0.5) is 14.5 Å². The summed E-state index contributed by atoms with van der Waals surface area (Å²) in [6.07, 6.45) is 0. The molecule has 0 radical (unpaired) electrons. The Bertz CT molecular complexity index is 889. The van der Waals surface area contributed by atoms with Crippen molar-refractivity contribution in [1.29, 1.82) is 0 Å². The van der Waals surface area contributed by atoms with Crippen molar-refractivity contribution in [3.8, 4) is 0 Å². The monoisotopic (exact) mass is 321 g/mol. The second-order valence-corrected chi connectivity index (χ2v) is 5.18. The molecule has 0 aliphatic heterocycles. The van der Waals surface area contributed by atoms with E-state index in [1.165, 1.54) is 30.3 Å². The molecule has 6 heteroatoms. The normalized spacial score (nSPS) is 10.9. The SMILES string of the molecule is Cc1c(C(=O)Nc2ccc(F)cc2Cl)oc2ccc(F)cc12. The molecule has 3 aromatic rings. The highest BCUT2D eigenvalue weighted by atomic mass is 35.5. The van der Waals surface area contributed by atoms with Gasteiger partial charge in [-0.3, -0.25) is 4.79 Å². The van der Waals surface area contributed by atoms with Crippen LogP contribution in [-0.4, -0.2) is 5.91 Å². The molecule has 1 heterocycles. The number of carbonyl (C=O) groups excluding carboxylic acids is 1. The number of halogens is 3. The number of benzene rings is 2. The molecule has 0 spiro atoms. The summed E-state index contributed by atoms with van der Waals surface area (Å²) in [4.78, 5) is 12.3. The van der Waals surface area contributed by atoms with Gasteiger partial charge in [-0.05, 0) is 43.3 Å². The Hall–Kier alpha value is -2.40. The van der Waals surface area contributed by atoms with Crippen molar-refractivity contribution in [3.63, 3.8) is 0 Å². The van der Waals surface area contributed by atoms with E-state index in [0.29, 0.717) is 16.5 Å². The number of hydrogen-bond donors (Lipinski definition) is 1. The lowest BCUT2D eigenvalue weighted by Crippen LogP contribution is -2.12. The summed E-state index contributed by atoms with van der Waals surface area (Å²) in [6.45, 7) is 1.66. The summed E-state index contributed by atoms with van der Waals surface area (Å²) in [6, 6.07) is 7.65. The molecule has 0 aliphatic carbocycles. The number of furan rings is 1. The Morgan fingerprint density at radius 3 is 2.55 bits per heavy atom. The van der Waals surface area contributed by atoms with Gasteiger partial charge in [0, 0.05) is 10.9 Å². The first-order valence-corrected chi connectivity index (χ1v) is 6.78. The number of hydrogen-bond acceptors (Lipinski definition) is 2. The first-order chi connectivity index (χ1) is 10.5. The molecule has 0 aliphatic rings. The summed E-state index contributed by atoms with van der Waals surface area (Å²) >= 11 is 5.87. The minimum Gasteiger partial charge on any atom is -0.451 e. The summed E-state index contributed by atoms with van der Waals surface area (Å²) < 4.78 is 31.7. The fourth-order valence-corrected chi connectivity index (χ4v) is 2.39. The zero-order valence-electron chi connectivity index (χ0n) is 11.4. The molecule has 1 aromatic heterocycles. The predicted octanol–water partition coefficient (Wildman–Crippen LogP) is 4.93. The fourth-order valence-electron chi connectivity index (χ4n) is 2.18. The van der Waals surface area contributed by atoms with Gasteiger partial charge in [0.1, 0.15) is 17.2 Å². The van der Waals surface area contributed by atoms with E-state index in [0.717, 1.165) is 6.07 Å². The number of anilines is 1. The summed E-state index contributed by atoms with van der Waals surface area (Å²) in [5, 5.41) is 3.15. The molecule has 0 saturated carbocycles. The van der Waals surface area contributed by atoms with Crippen LogP contribution < -0.4 is 5.32 Å². The third-order valence-electron chi connectivity index (χ3n) is 3.28. The number of aryl methyl sites for hydroxylation is 1. The highest BCUT2D eigenvalue weighted by Crippen LogP contribution is 2.28. The molecule has 0 fully saturated rings. The van der Waals surface area contributed by atoms with Crippen LogP contribution in [0.1, 0.15) is 16.1 Å². The van der Waals surface area contributed by atoms with E-state index in [4.69, 9.17) is 16.0 Å². The Kier molecular flexibility index (Phi) is 3.58. The van der Waals surface area contributed by atoms with Crippen molar-refractivity contribution in [1.82, 2.24) is 0 Å². The Labute approximate surface area is 129 Å². The van der Waals surface area contributed by atoms with E-state index in [1.54, 1.807) is 6.92 Å². The highest BCUT2D eigenvalue weighted by molar-refractivity contribution is 6.33. The standard InChI is InChI=1S/C16H10ClF2NO2/c1-8-11-6-9(18)3-5-14(11)22-15(8)16(21)20-13-4-2-10(19)7-12(13)17/h2-7H,1H3,(H,20,21). The van der Waals surface area contributed by atoms with E-state index in [1.807, 2.05) is 0 Å². The average Bonchev–Trinajstić information content (AvgIpc) is 2.79. The zero-order valence-corrected chi connectivity index (χ0v) is 12.2. The van der Waals surface area contributed by atoms with Crippen LogP contribution in [-0.2, 0) is 0 Å². The first-order valence-electron chi connectivity index (χ1n) is 6.41. The fraction of sp³-hybridized carbons (Fsp3) is 0.0625. The van der Waals surface area contributed by atoms with Crippen molar-refractivity contribution in [2.24, 2.45) is 0 Å². The third-order valence-corrected chi connectivity index (χ3v) is 3.60. The second kappa shape index (κ2) is 5.42. The van der Waals surface area contributed by atoms with Crippen molar-refractivity contribution in [3.05, 3.63) is 64.4 Å². The molecule has 1 N–H and O–H groups in total. The molecule has 0 atom stereocenters. The summed E-state index contributed by atoms with van der Waals surface area (Å²) in [5.74, 6) is -1.40. The zero-order chi connectivity index (χ0) is 15.9. The van der Waals surface area contributed by atoms with E-state index < -0.39 is 17.5 Å². The van der Waals surface area contributed by atoms with Crippen LogP contribution in [0.15, 0.2) is 40.8 Å². The van der Waals surface area contributed by atoms with Crippen LogP contribution in [0.3, 0.4) is 0 Å². The smallest absolute Gasteiger partial charge is 0.291 e. The number of fused-ring (bicyclic) bond motifs is 1. The largest absolute Gasteiger partial charge is 0.451 e. The molecule has 0 unspecified atom stereocenters. The molecule has 112 valence electrons. The van der Waals surface area contributed by atoms with Gasteiger partial charge in [-0.1, -0.05) is 11.6 Å². The molecule has 22 heavy (non-hydrogen) atoms. The van der Waals surface area contributed by atoms with E-state index >= 15 is 0 Å². The minimum absolute atomic E-state index is 0.0565. The first kappa shape index (κ1) is 14.5. The van der Waals surface area contributed by atoms with Crippen LogP contribution >= 0.6 is 11.6 Å². The van der Waals surface area contributed by atoms with Gasteiger partial charge in [0.25, 0.3) is 5.91 Å². The van der Waals surface area contributed by atoms with Crippen LogP contribution in [0.5, 0.6) is 0 Å². The average molecular weight is 322 g/mol. The lowest BCUT2D eigenvalue weighted by molar-refractivity contribution is 0.0998. The van der Waals surface area contributed by atoms with Crippen molar-refractivity contribution < 1.29 is 18.0 Å². The quantitative estimate of drug-likeness (QED) is 0.727. The Morgan fingerprint density at radius 2 is 1.82 bits per heavy atom. The molecule has 1 amide bonds.